The molecule has 0 radical (unpaired) electrons. The molecule has 1 N–H and O–H groups in total. The third-order valence-electron chi connectivity index (χ3n) is 6.53. The summed E-state index contributed by atoms with van der Waals surface area (Å²) in [4.78, 5) is 16.6. The molecule has 2 aliphatic carbocycles. The Kier molecular flexibility index (Phi) is 4.11. The number of nitrogens with zero attached hydrogens (tertiary/aromatic N) is 4. The van der Waals surface area contributed by atoms with E-state index in [0.717, 1.165) is 54.3 Å². The van der Waals surface area contributed by atoms with Gasteiger partial charge in [0.15, 0.2) is 0 Å². The second-order valence-electron chi connectivity index (χ2n) is 8.29. The van der Waals surface area contributed by atoms with Gasteiger partial charge in [0.25, 0.3) is 0 Å². The minimum absolute atomic E-state index is 0.0234. The molecule has 2 aliphatic heterocycles. The molecule has 3 heterocycles. The van der Waals surface area contributed by atoms with Gasteiger partial charge in [-0.3, -0.25) is 0 Å². The first-order chi connectivity index (χ1) is 13.1. The first kappa shape index (κ1) is 17.0. The van der Waals surface area contributed by atoms with Gasteiger partial charge < -0.3 is 10.2 Å². The van der Waals surface area contributed by atoms with Crippen LogP contribution in [-0.2, 0) is 0 Å². The Labute approximate surface area is 163 Å². The molecule has 0 spiro atoms. The Bertz CT molecular complexity index is 842. The van der Waals surface area contributed by atoms with Crippen molar-refractivity contribution in [2.24, 2.45) is 5.92 Å². The van der Waals surface area contributed by atoms with Crippen molar-refractivity contribution < 1.29 is 4.79 Å². The van der Waals surface area contributed by atoms with E-state index in [0.29, 0.717) is 12.1 Å². The number of piperidine rings is 1. The molecule has 4 fully saturated rings. The van der Waals surface area contributed by atoms with Crippen molar-refractivity contribution in [2.75, 3.05) is 5.32 Å². The zero-order chi connectivity index (χ0) is 18.5. The molecule has 2 bridgehead atoms. The van der Waals surface area contributed by atoms with Gasteiger partial charge in [0.05, 0.1) is 18.4 Å². The molecule has 2 saturated heterocycles. The maximum Gasteiger partial charge on any atom is 0.322 e. The highest BCUT2D eigenvalue weighted by Crippen LogP contribution is 2.48. The molecular weight excluding hydrogens is 362 g/mol. The lowest BCUT2D eigenvalue weighted by atomic mass is 9.74. The van der Waals surface area contributed by atoms with E-state index < -0.39 is 0 Å². The highest BCUT2D eigenvalue weighted by Gasteiger charge is 2.46. The van der Waals surface area contributed by atoms with Crippen molar-refractivity contribution in [2.45, 2.75) is 63.1 Å². The maximum atomic E-state index is 12.8. The minimum Gasteiger partial charge on any atom is -0.318 e. The van der Waals surface area contributed by atoms with Gasteiger partial charge in [0, 0.05) is 28.7 Å². The summed E-state index contributed by atoms with van der Waals surface area (Å²) in [6.45, 7) is 2.28. The van der Waals surface area contributed by atoms with E-state index in [1.807, 2.05) is 23.1 Å². The van der Waals surface area contributed by atoms with Crippen LogP contribution in [0.25, 0.3) is 0 Å². The van der Waals surface area contributed by atoms with Crippen molar-refractivity contribution in [1.82, 2.24) is 19.9 Å². The Morgan fingerprint density at radius 1 is 1.15 bits per heavy atom. The van der Waals surface area contributed by atoms with Gasteiger partial charge in [-0.15, -0.1) is 0 Å². The molecular formula is C20H24ClN5O. The Morgan fingerprint density at radius 3 is 2.56 bits per heavy atom. The first-order valence-electron chi connectivity index (χ1n) is 9.84. The largest absolute Gasteiger partial charge is 0.322 e. The van der Waals surface area contributed by atoms with Crippen molar-refractivity contribution in [3.63, 3.8) is 0 Å². The fourth-order valence-corrected chi connectivity index (χ4v) is 5.35. The minimum atomic E-state index is 0.0234. The zero-order valence-electron chi connectivity index (χ0n) is 15.4. The van der Waals surface area contributed by atoms with E-state index in [-0.39, 0.29) is 18.0 Å². The molecule has 6 nitrogen and oxygen atoms in total. The number of carbonyl (C=O) groups excluding carboxylic acids is 1. The van der Waals surface area contributed by atoms with Gasteiger partial charge in [-0.25, -0.2) is 4.79 Å². The number of carbonyl (C=O) groups is 1. The lowest BCUT2D eigenvalue weighted by Gasteiger charge is -2.54. The lowest BCUT2D eigenvalue weighted by Crippen LogP contribution is -2.63. The quantitative estimate of drug-likeness (QED) is 0.848. The summed E-state index contributed by atoms with van der Waals surface area (Å²) in [5, 5.41) is 12.4. The fraction of sp³-hybridized carbons (Fsp3) is 0.550. The average molecular weight is 386 g/mol. The molecule has 7 heteroatoms. The normalized spacial score (nSPS) is 31.8. The first-order valence-corrected chi connectivity index (χ1v) is 10.2. The summed E-state index contributed by atoms with van der Waals surface area (Å²) in [6.07, 6.45) is 8.91. The highest BCUT2D eigenvalue weighted by atomic mass is 35.5. The second-order valence-corrected chi connectivity index (χ2v) is 8.70. The molecule has 2 unspecified atom stereocenters. The van der Waals surface area contributed by atoms with Crippen molar-refractivity contribution in [3.8, 4) is 0 Å². The SMILES string of the molecule is CC1CC2CC(C1)N2C(=O)Nc1ccc(Cl)c([C@@H]2CC[C@@H]2n2nccn2)c1. The van der Waals surface area contributed by atoms with Gasteiger partial charge in [0.1, 0.15) is 0 Å². The van der Waals surface area contributed by atoms with Crippen LogP contribution in [0.15, 0.2) is 30.6 Å². The van der Waals surface area contributed by atoms with Gasteiger partial charge >= 0.3 is 6.03 Å². The Balaban J connectivity index is 1.32. The number of nitrogens with one attached hydrogen (secondary N) is 1. The second kappa shape index (κ2) is 6.51. The van der Waals surface area contributed by atoms with E-state index in [9.17, 15) is 4.79 Å². The molecule has 4 atom stereocenters. The molecule has 4 aliphatic rings. The van der Waals surface area contributed by atoms with Crippen LogP contribution in [0.4, 0.5) is 10.5 Å². The standard InChI is InChI=1S/C20H24ClN5O/c1-12-8-14-11-15(9-12)25(14)20(27)24-13-2-4-18(21)17(10-13)16-3-5-19(16)26-22-6-7-23-26/h2,4,6-7,10,12,14-16,19H,3,5,8-9,11H2,1H3,(H,24,27)/t12?,14?,15?,16-,19-/m0/s1. The van der Waals surface area contributed by atoms with Crippen LogP contribution in [0.2, 0.25) is 5.02 Å². The van der Waals surface area contributed by atoms with Crippen molar-refractivity contribution in [3.05, 3.63) is 41.2 Å². The molecule has 6 rings (SSSR count). The Morgan fingerprint density at radius 2 is 1.89 bits per heavy atom. The summed E-state index contributed by atoms with van der Waals surface area (Å²) >= 11 is 6.49. The topological polar surface area (TPSA) is 63.1 Å². The predicted molar refractivity (Wildman–Crippen MR) is 104 cm³/mol. The highest BCUT2D eigenvalue weighted by molar-refractivity contribution is 6.31. The van der Waals surface area contributed by atoms with Gasteiger partial charge in [-0.1, -0.05) is 18.5 Å². The van der Waals surface area contributed by atoms with E-state index >= 15 is 0 Å². The van der Waals surface area contributed by atoms with Crippen LogP contribution in [0.3, 0.4) is 0 Å². The van der Waals surface area contributed by atoms with E-state index in [1.54, 1.807) is 17.2 Å². The van der Waals surface area contributed by atoms with Crippen LogP contribution in [0.5, 0.6) is 0 Å². The van der Waals surface area contributed by atoms with E-state index in [1.165, 1.54) is 0 Å². The number of anilines is 1. The van der Waals surface area contributed by atoms with Crippen LogP contribution >= 0.6 is 11.6 Å². The van der Waals surface area contributed by atoms with Crippen LogP contribution in [0.1, 0.15) is 56.6 Å². The third kappa shape index (κ3) is 2.90. The molecule has 2 aromatic rings. The number of aromatic nitrogens is 3. The number of halogens is 1. The van der Waals surface area contributed by atoms with E-state index in [2.05, 4.69) is 22.4 Å². The summed E-state index contributed by atoms with van der Waals surface area (Å²) < 4.78 is 0. The number of amides is 2. The molecule has 1 aromatic carbocycles. The zero-order valence-corrected chi connectivity index (χ0v) is 16.1. The van der Waals surface area contributed by atoms with Gasteiger partial charge in [-0.05, 0) is 61.8 Å². The summed E-state index contributed by atoms with van der Waals surface area (Å²) in [6, 6.07) is 6.88. The number of urea groups is 1. The van der Waals surface area contributed by atoms with Gasteiger partial charge in [0.2, 0.25) is 0 Å². The van der Waals surface area contributed by atoms with Crippen LogP contribution in [0, 0.1) is 5.92 Å². The van der Waals surface area contributed by atoms with Gasteiger partial charge in [-0.2, -0.15) is 15.0 Å². The number of rotatable bonds is 3. The van der Waals surface area contributed by atoms with Crippen molar-refractivity contribution in [1.29, 1.82) is 0 Å². The Hall–Kier alpha value is -2.08. The molecule has 2 saturated carbocycles. The number of hydrogen-bond donors (Lipinski definition) is 1. The van der Waals surface area contributed by atoms with E-state index in [4.69, 9.17) is 11.6 Å². The molecule has 27 heavy (non-hydrogen) atoms. The summed E-state index contributed by atoms with van der Waals surface area (Å²) in [5.74, 6) is 1.01. The maximum absolute atomic E-state index is 12.8. The summed E-state index contributed by atoms with van der Waals surface area (Å²) in [7, 11) is 0. The summed E-state index contributed by atoms with van der Waals surface area (Å²) in [5.41, 5.74) is 1.89. The third-order valence-corrected chi connectivity index (χ3v) is 6.88. The van der Waals surface area contributed by atoms with Crippen molar-refractivity contribution >= 4 is 23.3 Å². The molecule has 142 valence electrons. The van der Waals surface area contributed by atoms with Crippen LogP contribution < -0.4 is 5.32 Å². The number of fused-ring (bicyclic) bond motifs is 2. The number of hydrogen-bond acceptors (Lipinski definition) is 3. The lowest BCUT2D eigenvalue weighted by molar-refractivity contribution is -0.00601. The average Bonchev–Trinajstić information content (AvgIpc) is 3.10. The smallest absolute Gasteiger partial charge is 0.318 e. The fourth-order valence-electron chi connectivity index (χ4n) is 5.09. The number of benzene rings is 1. The molecule has 2 amide bonds. The van der Waals surface area contributed by atoms with Crippen LogP contribution in [-0.4, -0.2) is 38.0 Å². The molecule has 1 aromatic heterocycles. The monoisotopic (exact) mass is 385 g/mol. The predicted octanol–water partition coefficient (Wildman–Crippen LogP) is 4.45.